The number of benzene rings is 2. The number of hydrogen-bond acceptors (Lipinski definition) is 2. The van der Waals surface area contributed by atoms with Gasteiger partial charge < -0.3 is 10.1 Å². The highest BCUT2D eigenvalue weighted by Gasteiger charge is 2.13. The summed E-state index contributed by atoms with van der Waals surface area (Å²) in [6.07, 6.45) is 0. The van der Waals surface area contributed by atoms with Crippen LogP contribution in [0.1, 0.15) is 34.5 Å². The van der Waals surface area contributed by atoms with Crippen LogP contribution in [0.25, 0.3) is 0 Å². The molecule has 0 fully saturated rings. The highest BCUT2D eigenvalue weighted by atomic mass is 79.9. The minimum atomic E-state index is -0.0813. The molecule has 0 radical (unpaired) electrons. The lowest BCUT2D eigenvalue weighted by atomic mass is 10.1. The summed E-state index contributed by atoms with van der Waals surface area (Å²) in [5, 5.41) is 3.00. The zero-order valence-corrected chi connectivity index (χ0v) is 13.7. The van der Waals surface area contributed by atoms with Gasteiger partial charge in [-0.25, -0.2) is 0 Å². The molecule has 0 aliphatic carbocycles. The molecule has 0 heterocycles. The second-order valence-corrected chi connectivity index (χ2v) is 5.70. The van der Waals surface area contributed by atoms with E-state index in [0.717, 1.165) is 15.6 Å². The van der Waals surface area contributed by atoms with Crippen LogP contribution >= 0.6 is 15.9 Å². The quantitative estimate of drug-likeness (QED) is 0.884. The maximum absolute atomic E-state index is 12.3. The van der Waals surface area contributed by atoms with Gasteiger partial charge in [0.1, 0.15) is 0 Å². The van der Waals surface area contributed by atoms with Crippen LogP contribution in [0.5, 0.6) is 0 Å². The van der Waals surface area contributed by atoms with E-state index in [-0.39, 0.29) is 11.9 Å². The molecule has 0 spiro atoms. The Kier molecular flexibility index (Phi) is 5.53. The molecule has 110 valence electrons. The van der Waals surface area contributed by atoms with Crippen LogP contribution in [-0.2, 0) is 11.3 Å². The van der Waals surface area contributed by atoms with Gasteiger partial charge in [0.2, 0.25) is 0 Å². The average Bonchev–Trinajstić information content (AvgIpc) is 2.48. The van der Waals surface area contributed by atoms with Crippen molar-refractivity contribution in [1.29, 1.82) is 0 Å². The van der Waals surface area contributed by atoms with Gasteiger partial charge in [-0.2, -0.15) is 0 Å². The number of halogens is 1. The molecule has 4 heteroatoms. The van der Waals surface area contributed by atoms with E-state index in [4.69, 9.17) is 4.74 Å². The van der Waals surface area contributed by atoms with Crippen LogP contribution in [0, 0.1) is 0 Å². The maximum atomic E-state index is 12.3. The molecule has 1 amide bonds. The van der Waals surface area contributed by atoms with Crippen LogP contribution < -0.4 is 5.32 Å². The van der Waals surface area contributed by atoms with Gasteiger partial charge in [0.05, 0.1) is 12.6 Å². The van der Waals surface area contributed by atoms with Gasteiger partial charge in [0, 0.05) is 17.1 Å². The van der Waals surface area contributed by atoms with Crippen LogP contribution in [0.3, 0.4) is 0 Å². The van der Waals surface area contributed by atoms with Crippen molar-refractivity contribution in [3.63, 3.8) is 0 Å². The Morgan fingerprint density at radius 2 is 1.86 bits per heavy atom. The van der Waals surface area contributed by atoms with Crippen LogP contribution in [0.2, 0.25) is 0 Å². The summed E-state index contributed by atoms with van der Waals surface area (Å²) < 4.78 is 6.05. The van der Waals surface area contributed by atoms with Gasteiger partial charge in [0.15, 0.2) is 0 Å². The third-order valence-corrected chi connectivity index (χ3v) is 3.97. The molecule has 0 saturated heterocycles. The van der Waals surface area contributed by atoms with Crippen LogP contribution in [-0.4, -0.2) is 13.0 Å². The maximum Gasteiger partial charge on any atom is 0.251 e. The van der Waals surface area contributed by atoms with E-state index in [0.29, 0.717) is 12.2 Å². The predicted molar refractivity (Wildman–Crippen MR) is 87.2 cm³/mol. The average molecular weight is 348 g/mol. The Morgan fingerprint density at radius 3 is 2.48 bits per heavy atom. The Labute approximate surface area is 133 Å². The highest BCUT2D eigenvalue weighted by Crippen LogP contribution is 2.23. The van der Waals surface area contributed by atoms with E-state index in [9.17, 15) is 4.79 Å². The molecule has 0 aliphatic rings. The third kappa shape index (κ3) is 4.16. The molecule has 1 atom stereocenters. The summed E-state index contributed by atoms with van der Waals surface area (Å²) >= 11 is 3.50. The molecule has 0 aliphatic heterocycles. The van der Waals surface area contributed by atoms with Crippen molar-refractivity contribution in [2.75, 3.05) is 7.11 Å². The zero-order chi connectivity index (χ0) is 15.2. The molecule has 2 aromatic rings. The van der Waals surface area contributed by atoms with Gasteiger partial charge >= 0.3 is 0 Å². The summed E-state index contributed by atoms with van der Waals surface area (Å²) in [4.78, 5) is 12.3. The van der Waals surface area contributed by atoms with Crippen LogP contribution in [0.4, 0.5) is 0 Å². The van der Waals surface area contributed by atoms with Crippen molar-refractivity contribution >= 4 is 21.8 Å². The summed E-state index contributed by atoms with van der Waals surface area (Å²) in [5.41, 5.74) is 2.75. The third-order valence-electron chi connectivity index (χ3n) is 3.25. The lowest BCUT2D eigenvalue weighted by molar-refractivity contribution is 0.0939. The fraction of sp³-hybridized carbons (Fsp3) is 0.235. The van der Waals surface area contributed by atoms with Gasteiger partial charge in [-0.15, -0.1) is 0 Å². The van der Waals surface area contributed by atoms with E-state index in [2.05, 4.69) is 21.2 Å². The summed E-state index contributed by atoms with van der Waals surface area (Å²) in [6, 6.07) is 15.3. The highest BCUT2D eigenvalue weighted by molar-refractivity contribution is 9.10. The van der Waals surface area contributed by atoms with E-state index in [1.807, 2.05) is 55.5 Å². The molecule has 0 aromatic heterocycles. The molecule has 2 aromatic carbocycles. The second-order valence-electron chi connectivity index (χ2n) is 4.85. The minimum absolute atomic E-state index is 0.0632. The fourth-order valence-corrected chi connectivity index (χ4v) is 2.73. The van der Waals surface area contributed by atoms with Crippen molar-refractivity contribution in [3.8, 4) is 0 Å². The number of amides is 1. The first-order chi connectivity index (χ1) is 10.1. The molecule has 2 rings (SSSR count). The molecular formula is C17H18BrNO2. The number of hydrogen-bond donors (Lipinski definition) is 1. The van der Waals surface area contributed by atoms with Crippen molar-refractivity contribution in [3.05, 3.63) is 69.7 Å². The number of nitrogens with one attached hydrogen (secondary N) is 1. The smallest absolute Gasteiger partial charge is 0.251 e. The molecule has 0 saturated carbocycles. The van der Waals surface area contributed by atoms with Crippen molar-refractivity contribution in [2.45, 2.75) is 19.6 Å². The minimum Gasteiger partial charge on any atom is -0.380 e. The van der Waals surface area contributed by atoms with Crippen molar-refractivity contribution in [2.24, 2.45) is 0 Å². The Hall–Kier alpha value is -1.65. The number of rotatable bonds is 5. The van der Waals surface area contributed by atoms with Gasteiger partial charge in [-0.1, -0.05) is 46.3 Å². The van der Waals surface area contributed by atoms with Crippen LogP contribution in [0.15, 0.2) is 53.0 Å². The Morgan fingerprint density at radius 1 is 1.19 bits per heavy atom. The first kappa shape index (κ1) is 15.7. The van der Waals surface area contributed by atoms with Gasteiger partial charge in [-0.3, -0.25) is 4.79 Å². The molecule has 0 bridgehead atoms. The normalized spacial score (nSPS) is 12.0. The number of methoxy groups -OCH3 is 1. The van der Waals surface area contributed by atoms with Crippen molar-refractivity contribution < 1.29 is 9.53 Å². The number of ether oxygens (including phenoxy) is 1. The molecule has 21 heavy (non-hydrogen) atoms. The largest absolute Gasteiger partial charge is 0.380 e. The SMILES string of the molecule is COCc1ccc(C(=O)NC(C)c2ccccc2Br)cc1. The molecule has 1 N–H and O–H groups in total. The van der Waals surface area contributed by atoms with Crippen molar-refractivity contribution in [1.82, 2.24) is 5.32 Å². The topological polar surface area (TPSA) is 38.3 Å². The first-order valence-electron chi connectivity index (χ1n) is 6.75. The summed E-state index contributed by atoms with van der Waals surface area (Å²) in [6.45, 7) is 2.52. The second kappa shape index (κ2) is 7.38. The lowest BCUT2D eigenvalue weighted by Gasteiger charge is -2.16. The number of carbonyl (C=O) groups excluding carboxylic acids is 1. The summed E-state index contributed by atoms with van der Waals surface area (Å²) in [5.74, 6) is -0.0813. The predicted octanol–water partition coefficient (Wildman–Crippen LogP) is 4.09. The zero-order valence-electron chi connectivity index (χ0n) is 12.1. The lowest BCUT2D eigenvalue weighted by Crippen LogP contribution is -2.26. The Bertz CT molecular complexity index is 610. The van der Waals surface area contributed by atoms with E-state index >= 15 is 0 Å². The van der Waals surface area contributed by atoms with Gasteiger partial charge in [0.25, 0.3) is 5.91 Å². The molecule has 3 nitrogen and oxygen atoms in total. The van der Waals surface area contributed by atoms with Gasteiger partial charge in [-0.05, 0) is 36.2 Å². The van der Waals surface area contributed by atoms with E-state index < -0.39 is 0 Å². The number of carbonyl (C=O) groups is 1. The van der Waals surface area contributed by atoms with E-state index in [1.165, 1.54) is 0 Å². The molecular weight excluding hydrogens is 330 g/mol. The monoisotopic (exact) mass is 347 g/mol. The van der Waals surface area contributed by atoms with E-state index in [1.54, 1.807) is 7.11 Å². The molecule has 1 unspecified atom stereocenters. The standard InChI is InChI=1S/C17H18BrNO2/c1-12(15-5-3-4-6-16(15)18)19-17(20)14-9-7-13(8-10-14)11-21-2/h3-10,12H,11H2,1-2H3,(H,19,20). The summed E-state index contributed by atoms with van der Waals surface area (Å²) in [7, 11) is 1.65. The first-order valence-corrected chi connectivity index (χ1v) is 7.54. The fourth-order valence-electron chi connectivity index (χ4n) is 2.10. The Balaban J connectivity index is 2.05.